The number of allylic oxidation sites excluding steroid dienone is 1. The zero-order valence-corrected chi connectivity index (χ0v) is 12.2. The number of rotatable bonds is 1. The first-order chi connectivity index (χ1) is 10.8. The number of carbonyl (C=O) groups is 4. The second-order valence-corrected chi connectivity index (χ2v) is 5.71. The molecule has 3 aliphatic rings. The van der Waals surface area contributed by atoms with E-state index in [1.54, 1.807) is 0 Å². The van der Waals surface area contributed by atoms with E-state index in [1.807, 2.05) is 0 Å². The maximum atomic E-state index is 15.2. The summed E-state index contributed by atoms with van der Waals surface area (Å²) >= 11 is 0. The van der Waals surface area contributed by atoms with Crippen molar-refractivity contribution in [2.75, 3.05) is 6.61 Å². The number of fused-ring (bicyclic) bond motifs is 1. The molecule has 0 aliphatic carbocycles. The van der Waals surface area contributed by atoms with Crippen molar-refractivity contribution in [3.8, 4) is 0 Å². The van der Waals surface area contributed by atoms with Gasteiger partial charge >= 0.3 is 11.9 Å². The van der Waals surface area contributed by atoms with E-state index in [-0.39, 0.29) is 6.61 Å². The van der Waals surface area contributed by atoms with Gasteiger partial charge in [0.25, 0.3) is 0 Å². The Bertz CT molecular complexity index is 614. The Kier molecular flexibility index (Phi) is 3.67. The fourth-order valence-electron chi connectivity index (χ4n) is 2.81. The number of halogens is 1. The fraction of sp³-hybridized carbons (Fsp3) is 0.571. The second kappa shape index (κ2) is 5.41. The predicted octanol–water partition coefficient (Wildman–Crippen LogP) is -0.387. The summed E-state index contributed by atoms with van der Waals surface area (Å²) in [7, 11) is 0. The molecule has 0 aromatic rings. The van der Waals surface area contributed by atoms with Crippen molar-refractivity contribution in [2.45, 2.75) is 43.9 Å². The van der Waals surface area contributed by atoms with Crippen molar-refractivity contribution in [1.82, 2.24) is 4.90 Å². The van der Waals surface area contributed by atoms with Gasteiger partial charge in [0, 0.05) is 6.20 Å². The third kappa shape index (κ3) is 2.72. The van der Waals surface area contributed by atoms with Crippen LogP contribution in [0.25, 0.3) is 0 Å². The summed E-state index contributed by atoms with van der Waals surface area (Å²) in [4.78, 5) is 47.0. The predicted molar refractivity (Wildman–Crippen MR) is 69.2 cm³/mol. The monoisotopic (exact) mass is 327 g/mol. The van der Waals surface area contributed by atoms with Crippen LogP contribution in [0.15, 0.2) is 12.3 Å². The standard InChI is InChI=1S/C14H14FNO7/c1-14(15)12-8(6-21-10(19)5-11(20)23-12)22-13(14)16-3-2-7(17)4-9(16)18/h2-3,8,12-13H,4-6H2,1H3/t8-,12?,13-,14-/m1/s1. The number of esters is 2. The summed E-state index contributed by atoms with van der Waals surface area (Å²) in [5.41, 5.74) is -2.23. The zero-order chi connectivity index (χ0) is 16.8. The maximum Gasteiger partial charge on any atom is 0.317 e. The van der Waals surface area contributed by atoms with E-state index in [0.717, 1.165) is 24.1 Å². The van der Waals surface area contributed by atoms with Gasteiger partial charge in [-0.3, -0.25) is 24.1 Å². The van der Waals surface area contributed by atoms with Gasteiger partial charge in [0.2, 0.25) is 5.91 Å². The minimum absolute atomic E-state index is 0.294. The molecular weight excluding hydrogens is 313 g/mol. The van der Waals surface area contributed by atoms with Gasteiger partial charge in [0.05, 0.1) is 6.42 Å². The summed E-state index contributed by atoms with van der Waals surface area (Å²) in [5.74, 6) is -2.73. The summed E-state index contributed by atoms with van der Waals surface area (Å²) in [5, 5.41) is 0. The summed E-state index contributed by atoms with van der Waals surface area (Å²) in [6.45, 7) is 0.841. The van der Waals surface area contributed by atoms with Crippen molar-refractivity contribution in [1.29, 1.82) is 0 Å². The Morgan fingerprint density at radius 3 is 2.65 bits per heavy atom. The number of amides is 1. The average molecular weight is 327 g/mol. The first kappa shape index (κ1) is 15.6. The van der Waals surface area contributed by atoms with Crippen LogP contribution < -0.4 is 0 Å². The molecule has 8 nitrogen and oxygen atoms in total. The van der Waals surface area contributed by atoms with Crippen LogP contribution in [0, 0.1) is 0 Å². The largest absolute Gasteiger partial charge is 0.462 e. The van der Waals surface area contributed by atoms with Crippen LogP contribution in [0.1, 0.15) is 19.8 Å². The molecule has 0 saturated carbocycles. The highest BCUT2D eigenvalue weighted by Crippen LogP contribution is 2.40. The van der Waals surface area contributed by atoms with Gasteiger partial charge in [-0.1, -0.05) is 0 Å². The minimum atomic E-state index is -2.23. The molecule has 1 amide bonds. The van der Waals surface area contributed by atoms with Crippen LogP contribution in [0.4, 0.5) is 4.39 Å². The summed E-state index contributed by atoms with van der Waals surface area (Å²) < 4.78 is 30.5. The number of cyclic esters (lactones) is 1. The Labute approximate surface area is 130 Å². The number of nitrogens with zero attached hydrogens (tertiary/aromatic N) is 1. The first-order valence-corrected chi connectivity index (χ1v) is 7.00. The van der Waals surface area contributed by atoms with Gasteiger partial charge in [0.15, 0.2) is 23.8 Å². The molecule has 124 valence electrons. The smallest absolute Gasteiger partial charge is 0.317 e. The molecule has 0 aromatic carbocycles. The van der Waals surface area contributed by atoms with Gasteiger partial charge in [-0.15, -0.1) is 0 Å². The highest BCUT2D eigenvalue weighted by Gasteiger charge is 2.60. The van der Waals surface area contributed by atoms with Crippen LogP contribution in [-0.4, -0.2) is 59.2 Å². The second-order valence-electron chi connectivity index (χ2n) is 5.71. The van der Waals surface area contributed by atoms with Crippen molar-refractivity contribution >= 4 is 23.6 Å². The molecule has 3 heterocycles. The van der Waals surface area contributed by atoms with E-state index in [4.69, 9.17) is 14.2 Å². The van der Waals surface area contributed by atoms with Crippen LogP contribution in [0.2, 0.25) is 0 Å². The average Bonchev–Trinajstić information content (AvgIpc) is 2.67. The Morgan fingerprint density at radius 2 is 1.96 bits per heavy atom. The third-order valence-corrected chi connectivity index (χ3v) is 3.92. The van der Waals surface area contributed by atoms with Crippen molar-refractivity contribution < 1.29 is 37.8 Å². The van der Waals surface area contributed by atoms with E-state index in [0.29, 0.717) is 0 Å². The molecule has 0 N–H and O–H groups in total. The molecular formula is C14H14FNO7. The SMILES string of the molecule is C[C@@]1(F)C2OC(=O)CC(=O)OC[C@H]2O[C@H]1N1C=CC(=O)CC1=O. The topological polar surface area (TPSA) is 99.2 Å². The minimum Gasteiger partial charge on any atom is -0.462 e. The Morgan fingerprint density at radius 1 is 1.22 bits per heavy atom. The lowest BCUT2D eigenvalue weighted by molar-refractivity contribution is -0.173. The highest BCUT2D eigenvalue weighted by atomic mass is 19.1. The number of hydrogen-bond donors (Lipinski definition) is 0. The zero-order valence-electron chi connectivity index (χ0n) is 12.2. The van der Waals surface area contributed by atoms with Gasteiger partial charge in [-0.25, -0.2) is 4.39 Å². The van der Waals surface area contributed by atoms with Gasteiger partial charge in [0.1, 0.15) is 19.1 Å². The lowest BCUT2D eigenvalue weighted by atomic mass is 9.96. The van der Waals surface area contributed by atoms with E-state index in [1.165, 1.54) is 0 Å². The molecule has 2 fully saturated rings. The molecule has 9 heteroatoms. The van der Waals surface area contributed by atoms with E-state index in [9.17, 15) is 19.2 Å². The number of alkyl halides is 1. The van der Waals surface area contributed by atoms with E-state index >= 15 is 4.39 Å². The molecule has 3 aliphatic heterocycles. The number of carbonyl (C=O) groups excluding carboxylic acids is 4. The number of ether oxygens (including phenoxy) is 3. The molecule has 0 aromatic heterocycles. The Hall–Kier alpha value is -2.29. The highest BCUT2D eigenvalue weighted by molar-refractivity contribution is 6.06. The van der Waals surface area contributed by atoms with Gasteiger partial charge in [-0.2, -0.15) is 0 Å². The van der Waals surface area contributed by atoms with Crippen molar-refractivity contribution in [2.24, 2.45) is 0 Å². The fourth-order valence-corrected chi connectivity index (χ4v) is 2.81. The van der Waals surface area contributed by atoms with E-state index < -0.39 is 60.6 Å². The molecule has 3 rings (SSSR count). The molecule has 2 saturated heterocycles. The van der Waals surface area contributed by atoms with Gasteiger partial charge in [-0.05, 0) is 13.0 Å². The number of ketones is 1. The van der Waals surface area contributed by atoms with Crippen molar-refractivity contribution in [3.63, 3.8) is 0 Å². The maximum absolute atomic E-state index is 15.2. The molecule has 0 radical (unpaired) electrons. The van der Waals surface area contributed by atoms with Crippen LogP contribution in [0.5, 0.6) is 0 Å². The normalized spacial score (nSPS) is 37.8. The molecule has 0 bridgehead atoms. The lowest BCUT2D eigenvalue weighted by Crippen LogP contribution is -2.52. The summed E-state index contributed by atoms with van der Waals surface area (Å²) in [6.07, 6.45) is -2.47. The summed E-state index contributed by atoms with van der Waals surface area (Å²) in [6, 6.07) is 0. The van der Waals surface area contributed by atoms with E-state index in [2.05, 4.69) is 0 Å². The molecule has 23 heavy (non-hydrogen) atoms. The van der Waals surface area contributed by atoms with Crippen molar-refractivity contribution in [3.05, 3.63) is 12.3 Å². The third-order valence-electron chi connectivity index (χ3n) is 3.92. The quantitative estimate of drug-likeness (QED) is 0.478. The molecule has 0 spiro atoms. The van der Waals surface area contributed by atoms with Crippen LogP contribution in [0.3, 0.4) is 0 Å². The Balaban J connectivity index is 1.88. The number of hydrogen-bond acceptors (Lipinski definition) is 7. The van der Waals surface area contributed by atoms with Gasteiger partial charge < -0.3 is 14.2 Å². The van der Waals surface area contributed by atoms with Crippen LogP contribution in [-0.2, 0) is 33.4 Å². The molecule has 4 atom stereocenters. The van der Waals surface area contributed by atoms with Crippen LogP contribution >= 0.6 is 0 Å². The molecule has 1 unspecified atom stereocenters. The first-order valence-electron chi connectivity index (χ1n) is 7.00. The lowest BCUT2D eigenvalue weighted by Gasteiger charge is -2.33.